The minimum Gasteiger partial charge on any atom is -0.388 e. The third-order valence-corrected chi connectivity index (χ3v) is 8.23. The largest absolute Gasteiger partial charge is 0.388 e. The Morgan fingerprint density at radius 3 is 2.15 bits per heavy atom. The molecule has 3 N–H and O–H groups in total. The lowest BCUT2D eigenvalue weighted by Crippen LogP contribution is -2.44. The van der Waals surface area contributed by atoms with Crippen molar-refractivity contribution in [2.45, 2.75) is 57.2 Å². The highest BCUT2D eigenvalue weighted by molar-refractivity contribution is 5.62. The maximum Gasteiger partial charge on any atom is 0.204 e. The van der Waals surface area contributed by atoms with E-state index in [9.17, 15) is 10.2 Å². The average molecular weight is 526 g/mol. The smallest absolute Gasteiger partial charge is 0.204 e. The van der Waals surface area contributed by atoms with Crippen LogP contribution in [0.3, 0.4) is 0 Å². The first-order valence-corrected chi connectivity index (χ1v) is 14.1. The van der Waals surface area contributed by atoms with Gasteiger partial charge in [-0.1, -0.05) is 86.6 Å². The van der Waals surface area contributed by atoms with E-state index >= 15 is 0 Å². The molecule has 204 valence electrons. The number of H-pyrrole nitrogens is 1. The van der Waals surface area contributed by atoms with Gasteiger partial charge in [-0.3, -0.25) is 0 Å². The van der Waals surface area contributed by atoms with Gasteiger partial charge in [-0.05, 0) is 90.7 Å². The van der Waals surface area contributed by atoms with Crippen molar-refractivity contribution in [3.8, 4) is 11.4 Å². The van der Waals surface area contributed by atoms with Crippen LogP contribution in [0.25, 0.3) is 11.4 Å². The van der Waals surface area contributed by atoms with Crippen LogP contribution in [0.15, 0.2) is 78.9 Å². The molecule has 1 aromatic heterocycles. The van der Waals surface area contributed by atoms with Gasteiger partial charge in [0.25, 0.3) is 0 Å². The Balaban J connectivity index is 1.19. The number of nitrogens with zero attached hydrogens (tertiary/aromatic N) is 4. The first kappa shape index (κ1) is 27.2. The van der Waals surface area contributed by atoms with E-state index in [4.69, 9.17) is 0 Å². The summed E-state index contributed by atoms with van der Waals surface area (Å²) in [6, 6.07) is 26.3. The van der Waals surface area contributed by atoms with Gasteiger partial charge in [-0.25, -0.2) is 0 Å². The van der Waals surface area contributed by atoms with Crippen molar-refractivity contribution in [2.75, 3.05) is 19.6 Å². The molecule has 0 radical (unpaired) electrons. The zero-order valence-electron chi connectivity index (χ0n) is 22.9. The zero-order chi connectivity index (χ0) is 27.2. The molecule has 2 heterocycles. The standard InChI is InChI=1S/C32H39N5O2/c1-23(2)28-16-15-24(22-29(28)31-33-35-36-34-31)30(38)14-9-19-37-20-17-27(18-21-37)32(39,25-10-5-3-6-11-25)26-12-7-4-8-13-26/h3-8,10-13,15-16,22-23,27,30,38-39H,9,14,17-21H2,1-2H3,(H,33,34,35,36). The maximum atomic E-state index is 12.1. The number of hydrogen-bond donors (Lipinski definition) is 3. The monoisotopic (exact) mass is 525 g/mol. The molecule has 1 aliphatic rings. The summed E-state index contributed by atoms with van der Waals surface area (Å²) in [4.78, 5) is 2.46. The van der Waals surface area contributed by atoms with E-state index < -0.39 is 11.7 Å². The van der Waals surface area contributed by atoms with Crippen molar-refractivity contribution in [2.24, 2.45) is 5.92 Å². The normalized spacial score (nSPS) is 16.0. The molecule has 3 aromatic carbocycles. The number of aromatic amines is 1. The van der Waals surface area contributed by atoms with Crippen LogP contribution < -0.4 is 0 Å². The van der Waals surface area contributed by atoms with E-state index in [1.54, 1.807) is 0 Å². The number of aromatic nitrogens is 4. The van der Waals surface area contributed by atoms with Crippen molar-refractivity contribution >= 4 is 0 Å². The van der Waals surface area contributed by atoms with Crippen LogP contribution in [0, 0.1) is 5.92 Å². The lowest BCUT2D eigenvalue weighted by atomic mass is 9.72. The topological polar surface area (TPSA) is 98.2 Å². The highest BCUT2D eigenvalue weighted by atomic mass is 16.3. The number of likely N-dealkylation sites (tertiary alicyclic amines) is 1. The molecule has 1 aliphatic heterocycles. The van der Waals surface area contributed by atoms with Crippen molar-refractivity contribution < 1.29 is 10.2 Å². The molecular weight excluding hydrogens is 486 g/mol. The van der Waals surface area contributed by atoms with Gasteiger partial charge >= 0.3 is 0 Å². The highest BCUT2D eigenvalue weighted by Crippen LogP contribution is 2.42. The van der Waals surface area contributed by atoms with Gasteiger partial charge in [-0.15, -0.1) is 10.2 Å². The molecule has 1 fully saturated rings. The van der Waals surface area contributed by atoms with Crippen molar-refractivity contribution in [3.05, 3.63) is 101 Å². The van der Waals surface area contributed by atoms with Crippen molar-refractivity contribution in [1.29, 1.82) is 0 Å². The van der Waals surface area contributed by atoms with Gasteiger partial charge in [0.1, 0.15) is 5.60 Å². The fraction of sp³-hybridized carbons (Fsp3) is 0.406. The quantitative estimate of drug-likeness (QED) is 0.255. The van der Waals surface area contributed by atoms with Crippen LogP contribution in [-0.4, -0.2) is 55.4 Å². The number of rotatable bonds is 10. The van der Waals surface area contributed by atoms with E-state index in [0.717, 1.165) is 66.7 Å². The van der Waals surface area contributed by atoms with Gasteiger partial charge in [-0.2, -0.15) is 5.21 Å². The summed E-state index contributed by atoms with van der Waals surface area (Å²) in [6.45, 7) is 7.08. The molecular formula is C32H39N5O2. The number of aliphatic hydroxyl groups excluding tert-OH is 1. The zero-order valence-corrected chi connectivity index (χ0v) is 22.9. The van der Waals surface area contributed by atoms with Crippen LogP contribution in [0.2, 0.25) is 0 Å². The fourth-order valence-corrected chi connectivity index (χ4v) is 6.03. The molecule has 0 spiro atoms. The molecule has 0 bridgehead atoms. The predicted molar refractivity (Wildman–Crippen MR) is 153 cm³/mol. The molecule has 1 unspecified atom stereocenters. The number of piperidine rings is 1. The van der Waals surface area contributed by atoms with Gasteiger partial charge in [0.2, 0.25) is 5.82 Å². The Labute approximate surface area is 230 Å². The third kappa shape index (κ3) is 5.96. The fourth-order valence-electron chi connectivity index (χ4n) is 6.03. The minimum absolute atomic E-state index is 0.146. The Morgan fingerprint density at radius 1 is 0.949 bits per heavy atom. The third-order valence-electron chi connectivity index (χ3n) is 8.23. The Kier molecular flexibility index (Phi) is 8.50. The second-order valence-corrected chi connectivity index (χ2v) is 11.0. The van der Waals surface area contributed by atoms with Gasteiger partial charge in [0, 0.05) is 5.56 Å². The minimum atomic E-state index is -0.997. The molecule has 1 atom stereocenters. The Morgan fingerprint density at radius 2 is 1.59 bits per heavy atom. The SMILES string of the molecule is CC(C)c1ccc(C(O)CCCN2CCC(C(O)(c3ccccc3)c3ccccc3)CC2)cc1-c1nn[nH]n1. The van der Waals surface area contributed by atoms with Gasteiger partial charge in [0.15, 0.2) is 0 Å². The van der Waals surface area contributed by atoms with Crippen molar-refractivity contribution in [1.82, 2.24) is 25.5 Å². The number of tetrazole rings is 1. The number of nitrogens with one attached hydrogen (secondary N) is 1. The molecule has 1 saturated heterocycles. The van der Waals surface area contributed by atoms with E-state index in [1.807, 2.05) is 72.8 Å². The summed E-state index contributed by atoms with van der Waals surface area (Å²) < 4.78 is 0. The van der Waals surface area contributed by atoms with Crippen LogP contribution in [0.5, 0.6) is 0 Å². The summed E-state index contributed by atoms with van der Waals surface area (Å²) in [5, 5.41) is 37.7. The number of aliphatic hydroxyl groups is 2. The molecule has 39 heavy (non-hydrogen) atoms. The van der Waals surface area contributed by atoms with Crippen LogP contribution in [-0.2, 0) is 5.60 Å². The van der Waals surface area contributed by atoms with Crippen LogP contribution in [0.1, 0.15) is 73.8 Å². The average Bonchev–Trinajstić information content (AvgIpc) is 3.53. The summed E-state index contributed by atoms with van der Waals surface area (Å²) in [6.07, 6.45) is 2.89. The van der Waals surface area contributed by atoms with E-state index in [-0.39, 0.29) is 5.92 Å². The maximum absolute atomic E-state index is 12.1. The van der Waals surface area contributed by atoms with Crippen LogP contribution >= 0.6 is 0 Å². The highest BCUT2D eigenvalue weighted by Gasteiger charge is 2.41. The van der Waals surface area contributed by atoms with E-state index in [0.29, 0.717) is 18.2 Å². The first-order valence-electron chi connectivity index (χ1n) is 14.1. The molecule has 5 rings (SSSR count). The second-order valence-electron chi connectivity index (χ2n) is 11.0. The molecule has 0 aliphatic carbocycles. The Bertz CT molecular complexity index is 1260. The molecule has 0 saturated carbocycles. The second kappa shape index (κ2) is 12.2. The van der Waals surface area contributed by atoms with E-state index in [2.05, 4.69) is 45.4 Å². The number of benzene rings is 3. The lowest BCUT2D eigenvalue weighted by Gasteiger charge is -2.42. The predicted octanol–water partition coefficient (Wildman–Crippen LogP) is 5.45. The lowest BCUT2D eigenvalue weighted by molar-refractivity contribution is -0.0146. The summed E-state index contributed by atoms with van der Waals surface area (Å²) in [5.41, 5.74) is 3.86. The van der Waals surface area contributed by atoms with E-state index in [1.165, 1.54) is 0 Å². The molecule has 4 aromatic rings. The number of hydrogen-bond acceptors (Lipinski definition) is 6. The first-order chi connectivity index (χ1) is 19.0. The van der Waals surface area contributed by atoms with Crippen LogP contribution in [0.4, 0.5) is 0 Å². The summed E-state index contributed by atoms with van der Waals surface area (Å²) >= 11 is 0. The summed E-state index contributed by atoms with van der Waals surface area (Å²) in [7, 11) is 0. The molecule has 7 nitrogen and oxygen atoms in total. The summed E-state index contributed by atoms with van der Waals surface area (Å²) in [5.74, 6) is 1.02. The molecule has 7 heteroatoms. The van der Waals surface area contributed by atoms with Gasteiger partial charge in [0.05, 0.1) is 6.10 Å². The van der Waals surface area contributed by atoms with Gasteiger partial charge < -0.3 is 15.1 Å². The Hall–Kier alpha value is -3.39. The van der Waals surface area contributed by atoms with Crippen molar-refractivity contribution in [3.63, 3.8) is 0 Å². The molecule has 0 amide bonds.